The van der Waals surface area contributed by atoms with Crippen molar-refractivity contribution >= 4 is 23.4 Å². The van der Waals surface area contributed by atoms with Gasteiger partial charge in [0.2, 0.25) is 0 Å². The molecule has 0 spiro atoms. The average molecular weight is 239 g/mol. The smallest absolute Gasteiger partial charge is 0.209 e. The van der Waals surface area contributed by atoms with Crippen LogP contribution in [-0.2, 0) is 5.38 Å². The summed E-state index contributed by atoms with van der Waals surface area (Å²) < 4.78 is 25.2. The first-order valence-electron chi connectivity index (χ1n) is 4.06. The van der Waals surface area contributed by atoms with Gasteiger partial charge in [-0.05, 0) is 30.8 Å². The van der Waals surface area contributed by atoms with Crippen LogP contribution in [-0.4, -0.2) is 6.26 Å². The molecule has 0 radical (unpaired) electrons. The molecule has 5 heteroatoms. The van der Waals surface area contributed by atoms with E-state index >= 15 is 0 Å². The van der Waals surface area contributed by atoms with Crippen LogP contribution in [0.4, 0.5) is 8.78 Å². The van der Waals surface area contributed by atoms with E-state index in [0.29, 0.717) is 0 Å². The lowest BCUT2D eigenvalue weighted by Gasteiger charge is -2.06. The fourth-order valence-electron chi connectivity index (χ4n) is 1.00. The molecule has 0 bridgehead atoms. The zero-order chi connectivity index (χ0) is 10.8. The van der Waals surface area contributed by atoms with E-state index < -0.39 is 5.38 Å². The Labute approximate surface area is 90.9 Å². The number of aromatic amines is 1. The van der Waals surface area contributed by atoms with Crippen LogP contribution < -0.4 is 4.98 Å². The molecule has 0 amide bonds. The molecule has 1 nitrogen and oxygen atoms in total. The number of H-pyrrole nitrogens is 1. The standard InChI is InChI=1S/C9H10ClF2NS/c1-6(14-2)7-3-4-8(13-5-7)9(10,11)12/h3-6H,1-2H3/p+1. The third-order valence-electron chi connectivity index (χ3n) is 1.97. The quantitative estimate of drug-likeness (QED) is 0.738. The molecule has 1 heterocycles. The van der Waals surface area contributed by atoms with Crippen LogP contribution >= 0.6 is 23.4 Å². The van der Waals surface area contributed by atoms with Crippen LogP contribution in [0.5, 0.6) is 0 Å². The summed E-state index contributed by atoms with van der Waals surface area (Å²) >= 11 is 6.51. The zero-order valence-corrected chi connectivity index (χ0v) is 9.42. The highest BCUT2D eigenvalue weighted by atomic mass is 35.5. The zero-order valence-electron chi connectivity index (χ0n) is 7.85. The van der Waals surface area contributed by atoms with Gasteiger partial charge in [0, 0.05) is 16.9 Å². The summed E-state index contributed by atoms with van der Waals surface area (Å²) in [5.74, 6) is 0. The Morgan fingerprint density at radius 2 is 2.14 bits per heavy atom. The van der Waals surface area contributed by atoms with Gasteiger partial charge >= 0.3 is 5.38 Å². The summed E-state index contributed by atoms with van der Waals surface area (Å²) in [6, 6.07) is 2.97. The van der Waals surface area contributed by atoms with E-state index in [9.17, 15) is 8.78 Å². The molecule has 0 aromatic carbocycles. The van der Waals surface area contributed by atoms with Gasteiger partial charge in [-0.15, -0.1) is 0 Å². The monoisotopic (exact) mass is 238 g/mol. The Bertz CT molecular complexity index is 297. The van der Waals surface area contributed by atoms with Gasteiger partial charge in [-0.1, -0.05) is 0 Å². The van der Waals surface area contributed by atoms with Gasteiger partial charge in [-0.25, -0.2) is 4.98 Å². The van der Waals surface area contributed by atoms with Crippen molar-refractivity contribution in [3.05, 3.63) is 29.6 Å². The highest BCUT2D eigenvalue weighted by molar-refractivity contribution is 7.98. The van der Waals surface area contributed by atoms with Gasteiger partial charge in [0.1, 0.15) is 0 Å². The van der Waals surface area contributed by atoms with Gasteiger partial charge in [0.15, 0.2) is 6.20 Å². The van der Waals surface area contributed by atoms with E-state index in [-0.39, 0.29) is 10.9 Å². The summed E-state index contributed by atoms with van der Waals surface area (Å²) in [4.78, 5) is 2.50. The van der Waals surface area contributed by atoms with E-state index in [2.05, 4.69) is 4.98 Å². The molecule has 1 N–H and O–H groups in total. The Hall–Kier alpha value is -0.350. The van der Waals surface area contributed by atoms with Crippen molar-refractivity contribution in [2.24, 2.45) is 0 Å². The lowest BCUT2D eigenvalue weighted by molar-refractivity contribution is -0.406. The van der Waals surface area contributed by atoms with Crippen molar-refractivity contribution in [2.75, 3.05) is 6.26 Å². The Kier molecular flexibility index (Phi) is 3.72. The number of rotatable bonds is 3. The molecule has 1 aromatic rings. The van der Waals surface area contributed by atoms with Gasteiger partial charge in [0.25, 0.3) is 5.69 Å². The molecule has 1 unspecified atom stereocenters. The average Bonchev–Trinajstić information content (AvgIpc) is 2.15. The third-order valence-corrected chi connectivity index (χ3v) is 3.15. The molecule has 78 valence electrons. The van der Waals surface area contributed by atoms with Crippen molar-refractivity contribution in [1.82, 2.24) is 0 Å². The maximum Gasteiger partial charge on any atom is 0.404 e. The Morgan fingerprint density at radius 1 is 1.50 bits per heavy atom. The van der Waals surface area contributed by atoms with Crippen LogP contribution in [0.15, 0.2) is 18.3 Å². The largest absolute Gasteiger partial charge is 0.404 e. The number of alkyl halides is 3. The number of hydrogen-bond donors (Lipinski definition) is 0. The van der Waals surface area contributed by atoms with Crippen LogP contribution in [0.25, 0.3) is 0 Å². The summed E-state index contributed by atoms with van der Waals surface area (Å²) in [5, 5.41) is -3.04. The van der Waals surface area contributed by atoms with E-state index in [4.69, 9.17) is 11.6 Å². The summed E-state index contributed by atoms with van der Waals surface area (Å²) in [6.07, 6.45) is 3.53. The van der Waals surface area contributed by atoms with Crippen molar-refractivity contribution in [3.63, 3.8) is 0 Å². The van der Waals surface area contributed by atoms with Gasteiger partial charge in [0.05, 0.1) is 0 Å². The number of hydrogen-bond acceptors (Lipinski definition) is 1. The minimum Gasteiger partial charge on any atom is -0.209 e. The van der Waals surface area contributed by atoms with Crippen molar-refractivity contribution in [1.29, 1.82) is 0 Å². The van der Waals surface area contributed by atoms with Gasteiger partial charge in [-0.2, -0.15) is 20.5 Å². The van der Waals surface area contributed by atoms with E-state index in [1.807, 2.05) is 13.2 Å². The Morgan fingerprint density at radius 3 is 2.50 bits per heavy atom. The van der Waals surface area contributed by atoms with Crippen molar-refractivity contribution < 1.29 is 13.8 Å². The van der Waals surface area contributed by atoms with Crippen LogP contribution in [0.1, 0.15) is 23.4 Å². The number of thioether (sulfide) groups is 1. The predicted octanol–water partition coefficient (Wildman–Crippen LogP) is 3.21. The molecular weight excluding hydrogens is 228 g/mol. The van der Waals surface area contributed by atoms with E-state index in [1.54, 1.807) is 24.0 Å². The fourth-order valence-corrected chi connectivity index (χ4v) is 1.54. The number of aromatic nitrogens is 1. The van der Waals surface area contributed by atoms with Crippen molar-refractivity contribution in [3.8, 4) is 0 Å². The topological polar surface area (TPSA) is 14.1 Å². The molecular formula is C9H11ClF2NS+. The van der Waals surface area contributed by atoms with Crippen LogP contribution in [0, 0.1) is 0 Å². The summed E-state index contributed by atoms with van der Waals surface area (Å²) in [6.45, 7) is 2.01. The molecule has 0 aliphatic rings. The number of halogens is 3. The number of nitrogens with one attached hydrogen (secondary N) is 1. The molecule has 0 fully saturated rings. The second-order valence-corrected chi connectivity index (χ2v) is 4.56. The van der Waals surface area contributed by atoms with Crippen molar-refractivity contribution in [2.45, 2.75) is 17.6 Å². The summed E-state index contributed by atoms with van der Waals surface area (Å²) in [5.41, 5.74) is 0.693. The molecule has 14 heavy (non-hydrogen) atoms. The normalized spacial score (nSPS) is 14.1. The first-order chi connectivity index (χ1) is 6.45. The maximum atomic E-state index is 12.6. The first kappa shape index (κ1) is 11.7. The Balaban J connectivity index is 2.89. The molecule has 0 aliphatic carbocycles. The SMILES string of the molecule is CSC(C)c1ccc(C(F)(F)Cl)[nH+]c1. The molecule has 1 aromatic heterocycles. The highest BCUT2D eigenvalue weighted by Gasteiger charge is 2.34. The second kappa shape index (κ2) is 4.45. The van der Waals surface area contributed by atoms with E-state index in [0.717, 1.165) is 5.56 Å². The van der Waals surface area contributed by atoms with E-state index in [1.165, 1.54) is 6.07 Å². The van der Waals surface area contributed by atoms with Crippen LogP contribution in [0.2, 0.25) is 0 Å². The lowest BCUT2D eigenvalue weighted by atomic mass is 10.2. The highest BCUT2D eigenvalue weighted by Crippen LogP contribution is 2.30. The van der Waals surface area contributed by atoms with Crippen LogP contribution in [0.3, 0.4) is 0 Å². The van der Waals surface area contributed by atoms with Gasteiger partial charge in [-0.3, -0.25) is 0 Å². The fraction of sp³-hybridized carbons (Fsp3) is 0.444. The molecule has 0 saturated heterocycles. The molecule has 0 aliphatic heterocycles. The molecule has 0 saturated carbocycles. The number of pyridine rings is 1. The lowest BCUT2D eigenvalue weighted by Crippen LogP contribution is -2.20. The molecule has 1 atom stereocenters. The predicted molar refractivity (Wildman–Crippen MR) is 54.7 cm³/mol. The minimum atomic E-state index is -3.32. The molecule has 1 rings (SSSR count). The first-order valence-corrected chi connectivity index (χ1v) is 5.73. The maximum absolute atomic E-state index is 12.6. The van der Waals surface area contributed by atoms with Gasteiger partial charge < -0.3 is 0 Å². The third kappa shape index (κ3) is 2.82. The minimum absolute atomic E-state index is 0.281. The summed E-state index contributed by atoms with van der Waals surface area (Å²) in [7, 11) is 0. The second-order valence-electron chi connectivity index (χ2n) is 2.91.